The van der Waals surface area contributed by atoms with Crippen molar-refractivity contribution in [1.29, 1.82) is 0 Å². The zero-order valence-electron chi connectivity index (χ0n) is 13.0. The van der Waals surface area contributed by atoms with Gasteiger partial charge in [-0.25, -0.2) is 0 Å². The summed E-state index contributed by atoms with van der Waals surface area (Å²) >= 11 is 0. The number of hydrogen-bond donors (Lipinski definition) is 1. The average molecular weight is 291 g/mol. The third-order valence-electron chi connectivity index (χ3n) is 3.94. The van der Waals surface area contributed by atoms with Gasteiger partial charge in [0.1, 0.15) is 5.75 Å². The standard InChI is InChI=1S/C17H25NO3/c1-13-7-5-10-15(20-2)16(13)17(19)18-11-4-3-8-14-9-6-12-21-14/h5,7,10,14H,3-4,6,8-9,11-12H2,1-2H3,(H,18,19). The quantitative estimate of drug-likeness (QED) is 0.785. The van der Waals surface area contributed by atoms with Crippen molar-refractivity contribution in [3.63, 3.8) is 0 Å². The van der Waals surface area contributed by atoms with Gasteiger partial charge in [-0.2, -0.15) is 0 Å². The molecule has 4 nitrogen and oxygen atoms in total. The van der Waals surface area contributed by atoms with E-state index in [1.165, 1.54) is 12.8 Å². The molecule has 1 aromatic carbocycles. The average Bonchev–Trinajstić information content (AvgIpc) is 2.99. The fourth-order valence-electron chi connectivity index (χ4n) is 2.76. The van der Waals surface area contributed by atoms with Crippen molar-refractivity contribution in [3.05, 3.63) is 29.3 Å². The van der Waals surface area contributed by atoms with Crippen LogP contribution in [0.2, 0.25) is 0 Å². The van der Waals surface area contributed by atoms with E-state index in [0.717, 1.165) is 31.4 Å². The molecule has 1 unspecified atom stereocenters. The van der Waals surface area contributed by atoms with Crippen molar-refractivity contribution in [3.8, 4) is 5.75 Å². The van der Waals surface area contributed by atoms with Crippen molar-refractivity contribution in [2.75, 3.05) is 20.3 Å². The summed E-state index contributed by atoms with van der Waals surface area (Å²) in [7, 11) is 1.59. The lowest BCUT2D eigenvalue weighted by molar-refractivity contribution is 0.0943. The number of carbonyl (C=O) groups excluding carboxylic acids is 1. The molecule has 0 bridgehead atoms. The maximum Gasteiger partial charge on any atom is 0.255 e. The molecule has 116 valence electrons. The second kappa shape index (κ2) is 8.03. The fraction of sp³-hybridized carbons (Fsp3) is 0.588. The second-order valence-electron chi connectivity index (χ2n) is 5.54. The summed E-state index contributed by atoms with van der Waals surface area (Å²) in [6.07, 6.45) is 6.00. The van der Waals surface area contributed by atoms with Crippen LogP contribution in [0.15, 0.2) is 18.2 Å². The third-order valence-corrected chi connectivity index (χ3v) is 3.94. The van der Waals surface area contributed by atoms with Gasteiger partial charge in [0.05, 0.1) is 18.8 Å². The van der Waals surface area contributed by atoms with Gasteiger partial charge < -0.3 is 14.8 Å². The van der Waals surface area contributed by atoms with E-state index >= 15 is 0 Å². The topological polar surface area (TPSA) is 47.6 Å². The minimum atomic E-state index is -0.0536. The summed E-state index contributed by atoms with van der Waals surface area (Å²) < 4.78 is 10.9. The monoisotopic (exact) mass is 291 g/mol. The number of aryl methyl sites for hydroxylation is 1. The minimum Gasteiger partial charge on any atom is -0.496 e. The zero-order chi connectivity index (χ0) is 15.1. The van der Waals surface area contributed by atoms with Crippen molar-refractivity contribution in [1.82, 2.24) is 5.32 Å². The van der Waals surface area contributed by atoms with Gasteiger partial charge in [0.15, 0.2) is 0 Å². The predicted octanol–water partition coefficient (Wildman–Crippen LogP) is 3.08. The first-order valence-corrected chi connectivity index (χ1v) is 7.75. The van der Waals surface area contributed by atoms with Crippen molar-refractivity contribution in [2.24, 2.45) is 0 Å². The number of rotatable bonds is 7. The van der Waals surface area contributed by atoms with Crippen molar-refractivity contribution in [2.45, 2.75) is 45.1 Å². The zero-order valence-corrected chi connectivity index (χ0v) is 13.0. The van der Waals surface area contributed by atoms with Crippen LogP contribution in [0.4, 0.5) is 0 Å². The van der Waals surface area contributed by atoms with Gasteiger partial charge in [-0.3, -0.25) is 4.79 Å². The van der Waals surface area contributed by atoms with Crippen LogP contribution < -0.4 is 10.1 Å². The first-order chi connectivity index (χ1) is 10.2. The molecule has 0 aliphatic carbocycles. The third kappa shape index (κ3) is 4.46. The highest BCUT2D eigenvalue weighted by molar-refractivity contribution is 5.98. The van der Waals surface area contributed by atoms with E-state index in [1.807, 2.05) is 25.1 Å². The Morgan fingerprint density at radius 3 is 3.00 bits per heavy atom. The van der Waals surface area contributed by atoms with Crippen molar-refractivity contribution < 1.29 is 14.3 Å². The molecule has 0 aromatic heterocycles. The van der Waals surface area contributed by atoms with Crippen LogP contribution in [-0.4, -0.2) is 32.3 Å². The van der Waals surface area contributed by atoms with E-state index in [2.05, 4.69) is 5.32 Å². The Kier molecular flexibility index (Phi) is 6.05. The Morgan fingerprint density at radius 2 is 2.29 bits per heavy atom. The highest BCUT2D eigenvalue weighted by Gasteiger charge is 2.16. The van der Waals surface area contributed by atoms with Crippen LogP contribution in [0.25, 0.3) is 0 Å². The van der Waals surface area contributed by atoms with E-state index in [4.69, 9.17) is 9.47 Å². The van der Waals surface area contributed by atoms with Gasteiger partial charge in [0.25, 0.3) is 5.91 Å². The van der Waals surface area contributed by atoms with E-state index < -0.39 is 0 Å². The summed E-state index contributed by atoms with van der Waals surface area (Å²) in [6.45, 7) is 3.53. The molecule has 0 radical (unpaired) electrons. The van der Waals surface area contributed by atoms with Crippen LogP contribution in [0.3, 0.4) is 0 Å². The molecule has 1 saturated heterocycles. The lowest BCUT2D eigenvalue weighted by atomic mass is 10.1. The maximum atomic E-state index is 12.2. The Morgan fingerprint density at radius 1 is 1.43 bits per heavy atom. The molecule has 1 aliphatic heterocycles. The lowest BCUT2D eigenvalue weighted by Gasteiger charge is -2.12. The highest BCUT2D eigenvalue weighted by atomic mass is 16.5. The molecule has 1 heterocycles. The summed E-state index contributed by atoms with van der Waals surface area (Å²) in [5.41, 5.74) is 1.57. The first kappa shape index (κ1) is 15.8. The largest absolute Gasteiger partial charge is 0.496 e. The lowest BCUT2D eigenvalue weighted by Crippen LogP contribution is -2.26. The van der Waals surface area contributed by atoms with Crippen LogP contribution in [-0.2, 0) is 4.74 Å². The summed E-state index contributed by atoms with van der Waals surface area (Å²) in [5.74, 6) is 0.578. The number of carbonyl (C=O) groups is 1. The number of benzene rings is 1. The normalized spacial score (nSPS) is 17.7. The summed E-state index contributed by atoms with van der Waals surface area (Å²) in [4.78, 5) is 12.2. The molecule has 1 N–H and O–H groups in total. The molecule has 1 aliphatic rings. The Hall–Kier alpha value is -1.55. The van der Waals surface area contributed by atoms with E-state index in [-0.39, 0.29) is 5.91 Å². The maximum absolute atomic E-state index is 12.2. The van der Waals surface area contributed by atoms with Gasteiger partial charge in [-0.1, -0.05) is 12.1 Å². The Balaban J connectivity index is 1.74. The first-order valence-electron chi connectivity index (χ1n) is 7.75. The van der Waals surface area contributed by atoms with Gasteiger partial charge in [-0.05, 0) is 50.7 Å². The molecular formula is C17H25NO3. The van der Waals surface area contributed by atoms with Crippen LogP contribution in [0, 0.1) is 6.92 Å². The molecule has 1 aromatic rings. The highest BCUT2D eigenvalue weighted by Crippen LogP contribution is 2.21. The van der Waals surface area contributed by atoms with E-state index in [1.54, 1.807) is 7.11 Å². The number of hydrogen-bond acceptors (Lipinski definition) is 3. The molecule has 21 heavy (non-hydrogen) atoms. The SMILES string of the molecule is COc1cccc(C)c1C(=O)NCCCCC1CCCO1. The molecule has 2 rings (SSSR count). The van der Waals surface area contributed by atoms with E-state index in [9.17, 15) is 4.79 Å². The molecule has 1 amide bonds. The Labute approximate surface area is 126 Å². The number of methoxy groups -OCH3 is 1. The molecule has 0 saturated carbocycles. The van der Waals surface area contributed by atoms with Gasteiger partial charge >= 0.3 is 0 Å². The molecule has 4 heteroatoms. The number of amides is 1. The van der Waals surface area contributed by atoms with Gasteiger partial charge in [-0.15, -0.1) is 0 Å². The second-order valence-corrected chi connectivity index (χ2v) is 5.54. The van der Waals surface area contributed by atoms with Crippen LogP contribution in [0.1, 0.15) is 48.0 Å². The van der Waals surface area contributed by atoms with E-state index in [0.29, 0.717) is 24.0 Å². The fourth-order valence-corrected chi connectivity index (χ4v) is 2.76. The molecule has 1 atom stereocenters. The predicted molar refractivity (Wildman–Crippen MR) is 82.9 cm³/mol. The summed E-state index contributed by atoms with van der Waals surface area (Å²) in [6, 6.07) is 5.64. The Bertz CT molecular complexity index is 467. The number of nitrogens with one attached hydrogen (secondary N) is 1. The number of ether oxygens (including phenoxy) is 2. The molecular weight excluding hydrogens is 266 g/mol. The van der Waals surface area contributed by atoms with Crippen LogP contribution >= 0.6 is 0 Å². The summed E-state index contributed by atoms with van der Waals surface area (Å²) in [5, 5.41) is 2.98. The van der Waals surface area contributed by atoms with Gasteiger partial charge in [0.2, 0.25) is 0 Å². The van der Waals surface area contributed by atoms with Crippen molar-refractivity contribution >= 4 is 5.91 Å². The minimum absolute atomic E-state index is 0.0536. The van der Waals surface area contributed by atoms with Gasteiger partial charge in [0, 0.05) is 13.2 Å². The smallest absolute Gasteiger partial charge is 0.255 e. The van der Waals surface area contributed by atoms with Crippen LogP contribution in [0.5, 0.6) is 5.75 Å². The molecule has 0 spiro atoms. The molecule has 1 fully saturated rings. The number of unbranched alkanes of at least 4 members (excludes halogenated alkanes) is 1.